The molecule has 1 aromatic rings. The first kappa shape index (κ1) is 13.1. The lowest BCUT2D eigenvalue weighted by Crippen LogP contribution is -1.84. The predicted molar refractivity (Wildman–Crippen MR) is 63.0 cm³/mol. The fourth-order valence-corrected chi connectivity index (χ4v) is 1.85. The van der Waals surface area contributed by atoms with Gasteiger partial charge in [0.25, 0.3) is 0 Å². The standard InChI is InChI=1S/C11H15O4P/c1-14-16(13,15-2)8-7-10-3-5-11(9-12)6-4-10/h3-8,12H,9H2,1-2H3/b8-7+. The van der Waals surface area contributed by atoms with Crippen molar-refractivity contribution in [3.8, 4) is 0 Å². The molecule has 0 fully saturated rings. The van der Waals surface area contributed by atoms with E-state index in [2.05, 4.69) is 0 Å². The highest BCUT2D eigenvalue weighted by Gasteiger charge is 2.15. The van der Waals surface area contributed by atoms with E-state index in [-0.39, 0.29) is 6.61 Å². The molecule has 0 spiro atoms. The van der Waals surface area contributed by atoms with Gasteiger partial charge in [0.15, 0.2) is 0 Å². The van der Waals surface area contributed by atoms with Crippen LogP contribution in [-0.4, -0.2) is 19.3 Å². The summed E-state index contributed by atoms with van der Waals surface area (Å²) in [6.45, 7) is 0.0125. The van der Waals surface area contributed by atoms with E-state index in [1.165, 1.54) is 20.0 Å². The maximum absolute atomic E-state index is 11.7. The molecule has 0 atom stereocenters. The molecule has 0 saturated heterocycles. The molecule has 1 rings (SSSR count). The summed E-state index contributed by atoms with van der Waals surface area (Å²) >= 11 is 0. The number of hydrogen-bond acceptors (Lipinski definition) is 4. The molecule has 88 valence electrons. The Morgan fingerprint density at radius 3 is 2.25 bits per heavy atom. The zero-order valence-corrected chi connectivity index (χ0v) is 10.2. The van der Waals surface area contributed by atoms with Gasteiger partial charge in [-0.05, 0) is 17.2 Å². The van der Waals surface area contributed by atoms with Gasteiger partial charge in [-0.1, -0.05) is 24.3 Å². The molecule has 0 aromatic heterocycles. The Morgan fingerprint density at radius 2 is 1.81 bits per heavy atom. The lowest BCUT2D eigenvalue weighted by atomic mass is 10.1. The van der Waals surface area contributed by atoms with Gasteiger partial charge in [-0.3, -0.25) is 4.57 Å². The smallest absolute Gasteiger partial charge is 0.353 e. The van der Waals surface area contributed by atoms with E-state index in [4.69, 9.17) is 14.2 Å². The molecule has 0 amide bonds. The molecule has 0 heterocycles. The lowest BCUT2D eigenvalue weighted by Gasteiger charge is -2.07. The largest absolute Gasteiger partial charge is 0.392 e. The van der Waals surface area contributed by atoms with Crippen LogP contribution < -0.4 is 0 Å². The van der Waals surface area contributed by atoms with Crippen molar-refractivity contribution in [1.82, 2.24) is 0 Å². The minimum atomic E-state index is -3.10. The van der Waals surface area contributed by atoms with Crippen LogP contribution in [0.3, 0.4) is 0 Å². The second-order valence-corrected chi connectivity index (χ2v) is 5.23. The first-order valence-electron chi connectivity index (χ1n) is 4.74. The minimum Gasteiger partial charge on any atom is -0.392 e. The van der Waals surface area contributed by atoms with Crippen molar-refractivity contribution >= 4 is 13.7 Å². The van der Waals surface area contributed by atoms with Gasteiger partial charge in [0, 0.05) is 20.0 Å². The normalized spacial score (nSPS) is 12.2. The van der Waals surface area contributed by atoms with Gasteiger partial charge in [0.2, 0.25) is 0 Å². The van der Waals surface area contributed by atoms with Gasteiger partial charge >= 0.3 is 7.60 Å². The van der Waals surface area contributed by atoms with Crippen LogP contribution in [0.15, 0.2) is 30.1 Å². The summed E-state index contributed by atoms with van der Waals surface area (Å²) in [5.41, 5.74) is 1.70. The third-order valence-corrected chi connectivity index (χ3v) is 3.65. The molecule has 0 saturated carbocycles. The molecule has 0 aliphatic carbocycles. The van der Waals surface area contributed by atoms with Crippen molar-refractivity contribution in [2.45, 2.75) is 6.61 Å². The summed E-state index contributed by atoms with van der Waals surface area (Å²) in [4.78, 5) is 0. The number of benzene rings is 1. The van der Waals surface area contributed by atoms with Gasteiger partial charge in [0.1, 0.15) is 0 Å². The average Bonchev–Trinajstić information content (AvgIpc) is 2.36. The molecular weight excluding hydrogens is 227 g/mol. The van der Waals surface area contributed by atoms with Crippen molar-refractivity contribution in [1.29, 1.82) is 0 Å². The highest BCUT2D eigenvalue weighted by atomic mass is 31.2. The zero-order valence-electron chi connectivity index (χ0n) is 9.29. The quantitative estimate of drug-likeness (QED) is 0.806. The van der Waals surface area contributed by atoms with Crippen molar-refractivity contribution < 1.29 is 18.7 Å². The molecule has 16 heavy (non-hydrogen) atoms. The number of rotatable bonds is 5. The van der Waals surface area contributed by atoms with E-state index >= 15 is 0 Å². The monoisotopic (exact) mass is 242 g/mol. The maximum Gasteiger partial charge on any atom is 0.353 e. The van der Waals surface area contributed by atoms with E-state index in [1.807, 2.05) is 12.1 Å². The Labute approximate surface area is 95.1 Å². The highest BCUT2D eigenvalue weighted by molar-refractivity contribution is 7.57. The topological polar surface area (TPSA) is 55.8 Å². The fourth-order valence-electron chi connectivity index (χ4n) is 1.11. The molecule has 0 unspecified atom stereocenters. The van der Waals surface area contributed by atoms with E-state index < -0.39 is 7.60 Å². The predicted octanol–water partition coefficient (Wildman–Crippen LogP) is 2.64. The van der Waals surface area contributed by atoms with Gasteiger partial charge in [-0.25, -0.2) is 0 Å². The summed E-state index contributed by atoms with van der Waals surface area (Å²) in [5.74, 6) is 1.40. The molecule has 0 bridgehead atoms. The van der Waals surface area contributed by atoms with Crippen molar-refractivity contribution in [3.05, 3.63) is 41.2 Å². The Morgan fingerprint density at radius 1 is 1.25 bits per heavy atom. The Kier molecular flexibility index (Phi) is 4.90. The highest BCUT2D eigenvalue weighted by Crippen LogP contribution is 2.48. The number of hydrogen-bond donors (Lipinski definition) is 1. The van der Waals surface area contributed by atoms with Gasteiger partial charge in [-0.15, -0.1) is 0 Å². The third kappa shape index (κ3) is 3.58. The first-order valence-corrected chi connectivity index (χ1v) is 6.35. The molecular formula is C11H15O4P. The van der Waals surface area contributed by atoms with Crippen LogP contribution in [-0.2, 0) is 20.2 Å². The molecule has 1 aromatic carbocycles. The van der Waals surface area contributed by atoms with E-state index in [0.717, 1.165) is 11.1 Å². The van der Waals surface area contributed by atoms with Crippen molar-refractivity contribution in [3.63, 3.8) is 0 Å². The molecule has 0 radical (unpaired) electrons. The van der Waals surface area contributed by atoms with Crippen LogP contribution in [0.25, 0.3) is 6.08 Å². The van der Waals surface area contributed by atoms with E-state index in [0.29, 0.717) is 0 Å². The Hall–Kier alpha value is -0.930. The summed E-state index contributed by atoms with van der Waals surface area (Å²) in [7, 11) is -0.422. The van der Waals surface area contributed by atoms with Crippen LogP contribution in [0.4, 0.5) is 0 Å². The molecule has 5 heteroatoms. The second-order valence-electron chi connectivity index (χ2n) is 3.12. The minimum absolute atomic E-state index is 0.0125. The van der Waals surface area contributed by atoms with Crippen molar-refractivity contribution in [2.75, 3.05) is 14.2 Å². The first-order chi connectivity index (χ1) is 7.63. The van der Waals surface area contributed by atoms with Crippen LogP contribution in [0, 0.1) is 0 Å². The Bertz CT molecular complexity index is 389. The number of aliphatic hydroxyl groups is 1. The molecule has 1 N–H and O–H groups in total. The van der Waals surface area contributed by atoms with Gasteiger partial charge in [0.05, 0.1) is 6.61 Å². The van der Waals surface area contributed by atoms with E-state index in [9.17, 15) is 4.57 Å². The maximum atomic E-state index is 11.7. The van der Waals surface area contributed by atoms with Crippen LogP contribution in [0.5, 0.6) is 0 Å². The van der Waals surface area contributed by atoms with Crippen LogP contribution >= 0.6 is 7.60 Å². The van der Waals surface area contributed by atoms with Gasteiger partial charge in [-0.2, -0.15) is 0 Å². The zero-order chi connectivity index (χ0) is 12.0. The van der Waals surface area contributed by atoms with Crippen molar-refractivity contribution in [2.24, 2.45) is 0 Å². The molecule has 0 aliphatic heterocycles. The summed E-state index contributed by atoms with van der Waals surface area (Å²) < 4.78 is 21.2. The summed E-state index contributed by atoms with van der Waals surface area (Å²) in [5, 5.41) is 8.86. The summed E-state index contributed by atoms with van der Waals surface area (Å²) in [6, 6.07) is 7.23. The third-order valence-electron chi connectivity index (χ3n) is 2.12. The van der Waals surface area contributed by atoms with Crippen LogP contribution in [0.2, 0.25) is 0 Å². The van der Waals surface area contributed by atoms with Crippen LogP contribution in [0.1, 0.15) is 11.1 Å². The second kappa shape index (κ2) is 5.97. The number of aliphatic hydroxyl groups excluding tert-OH is 1. The summed E-state index contributed by atoms with van der Waals surface area (Å²) in [6.07, 6.45) is 1.66. The van der Waals surface area contributed by atoms with E-state index in [1.54, 1.807) is 18.2 Å². The SMILES string of the molecule is COP(=O)(/C=C/c1ccc(CO)cc1)OC. The average molecular weight is 242 g/mol. The molecule has 4 nitrogen and oxygen atoms in total. The lowest BCUT2D eigenvalue weighted by molar-refractivity contribution is 0.282. The van der Waals surface area contributed by atoms with Gasteiger partial charge < -0.3 is 14.2 Å². The Balaban J connectivity index is 2.79. The fraction of sp³-hybridized carbons (Fsp3) is 0.273. The molecule has 0 aliphatic rings.